The van der Waals surface area contributed by atoms with E-state index in [2.05, 4.69) is 0 Å². The quantitative estimate of drug-likeness (QED) is 0.309. The topological polar surface area (TPSA) is 146 Å². The minimum absolute atomic E-state index is 0.0595. The molecule has 0 spiro atoms. The minimum atomic E-state index is -4.72. The number of para-hydroxylation sites is 1. The van der Waals surface area contributed by atoms with Gasteiger partial charge in [-0.25, -0.2) is 18.1 Å². The normalized spacial score (nSPS) is 26.8. The van der Waals surface area contributed by atoms with Crippen molar-refractivity contribution in [2.24, 2.45) is 5.92 Å². The second kappa shape index (κ2) is 11.9. The SMILES string of the molecule is [2H]C([2H])(OP(=O)(C[C@@H](C)C(=O)OC(C)C)Oc1ccccc1)[C@H]1O[C@@H](n2cc(F)c(=O)[nH]c2=O)C(F)(CF)[C@H]1O. The Bertz CT molecular complexity index is 1380. The number of rotatable bonds is 11. The predicted molar refractivity (Wildman–Crippen MR) is 127 cm³/mol. The van der Waals surface area contributed by atoms with Gasteiger partial charge in [-0.1, -0.05) is 25.1 Å². The Morgan fingerprint density at radius 2 is 1.97 bits per heavy atom. The molecule has 210 valence electrons. The molecule has 3 rings (SSSR count). The van der Waals surface area contributed by atoms with Crippen LogP contribution in [0.3, 0.4) is 0 Å². The Kier molecular flexibility index (Phi) is 8.32. The summed E-state index contributed by atoms with van der Waals surface area (Å²) in [5, 5.41) is 10.6. The molecule has 6 atom stereocenters. The third-order valence-corrected chi connectivity index (χ3v) is 7.26. The molecule has 0 aliphatic carbocycles. The summed E-state index contributed by atoms with van der Waals surface area (Å²) in [5.74, 6) is -3.61. The lowest BCUT2D eigenvalue weighted by Gasteiger charge is -2.26. The Hall–Kier alpha value is -2.93. The first-order valence-corrected chi connectivity index (χ1v) is 13.1. The number of benzene rings is 1. The number of aliphatic hydroxyl groups excluding tert-OH is 1. The number of aromatic amines is 1. The molecule has 2 aromatic rings. The van der Waals surface area contributed by atoms with Gasteiger partial charge in [-0.05, 0) is 26.0 Å². The Labute approximate surface area is 217 Å². The fourth-order valence-corrected chi connectivity index (χ4v) is 5.23. The van der Waals surface area contributed by atoms with Gasteiger partial charge < -0.3 is 19.1 Å². The predicted octanol–water partition coefficient (Wildman–Crippen LogP) is 2.49. The van der Waals surface area contributed by atoms with Crippen LogP contribution in [0.2, 0.25) is 0 Å². The zero-order valence-electron chi connectivity index (χ0n) is 22.5. The molecule has 0 bridgehead atoms. The summed E-state index contributed by atoms with van der Waals surface area (Å²) in [6.45, 7) is -1.01. The molecule has 2 N–H and O–H groups in total. The lowest BCUT2D eigenvalue weighted by Crippen LogP contribution is -2.48. The average molecular weight is 566 g/mol. The van der Waals surface area contributed by atoms with E-state index >= 15 is 4.39 Å². The van der Waals surface area contributed by atoms with Crippen LogP contribution in [-0.4, -0.2) is 64.0 Å². The van der Waals surface area contributed by atoms with Crippen molar-refractivity contribution in [3.05, 3.63) is 63.2 Å². The van der Waals surface area contributed by atoms with Gasteiger partial charge in [0.1, 0.15) is 24.6 Å². The molecular weight excluding hydrogens is 536 g/mol. The highest BCUT2D eigenvalue weighted by Crippen LogP contribution is 2.51. The van der Waals surface area contributed by atoms with Crippen LogP contribution in [0, 0.1) is 11.7 Å². The summed E-state index contributed by atoms with van der Waals surface area (Å²) in [6.07, 6.45) is -8.72. The number of halogens is 3. The maximum Gasteiger partial charge on any atom is 0.380 e. The van der Waals surface area contributed by atoms with E-state index in [0.29, 0.717) is 0 Å². The Balaban J connectivity index is 1.98. The zero-order valence-corrected chi connectivity index (χ0v) is 21.4. The van der Waals surface area contributed by atoms with Crippen molar-refractivity contribution in [1.82, 2.24) is 9.55 Å². The van der Waals surface area contributed by atoms with Crippen LogP contribution in [0.1, 0.15) is 29.7 Å². The summed E-state index contributed by atoms with van der Waals surface area (Å²) >= 11 is 0. The van der Waals surface area contributed by atoms with Gasteiger partial charge in [0.15, 0.2) is 6.23 Å². The van der Waals surface area contributed by atoms with Crippen LogP contribution >= 0.6 is 7.60 Å². The molecule has 0 amide bonds. The monoisotopic (exact) mass is 566 g/mol. The highest BCUT2D eigenvalue weighted by molar-refractivity contribution is 7.54. The Morgan fingerprint density at radius 3 is 2.58 bits per heavy atom. The van der Waals surface area contributed by atoms with Gasteiger partial charge in [0.25, 0.3) is 5.56 Å². The highest BCUT2D eigenvalue weighted by atomic mass is 31.2. The second-order valence-corrected chi connectivity index (χ2v) is 10.8. The van der Waals surface area contributed by atoms with Crippen LogP contribution in [0.15, 0.2) is 46.1 Å². The van der Waals surface area contributed by atoms with Crippen molar-refractivity contribution >= 4 is 13.6 Å². The largest absolute Gasteiger partial charge is 0.463 e. The van der Waals surface area contributed by atoms with Gasteiger partial charge in [0, 0.05) is 0 Å². The van der Waals surface area contributed by atoms with E-state index in [-0.39, 0.29) is 16.5 Å². The molecule has 0 saturated carbocycles. The number of H-pyrrole nitrogens is 1. The highest BCUT2D eigenvalue weighted by Gasteiger charge is 2.59. The molecule has 1 aromatic heterocycles. The lowest BCUT2D eigenvalue weighted by molar-refractivity contribution is -0.151. The maximum atomic E-state index is 15.7. The van der Waals surface area contributed by atoms with Crippen LogP contribution in [-0.2, 0) is 23.4 Å². The molecule has 1 saturated heterocycles. The minimum Gasteiger partial charge on any atom is -0.463 e. The lowest BCUT2D eigenvalue weighted by atomic mass is 9.97. The van der Waals surface area contributed by atoms with E-state index in [9.17, 15) is 32.8 Å². The number of alkyl halides is 2. The fraction of sp³-hybridized carbons (Fsp3) is 0.522. The summed E-state index contributed by atoms with van der Waals surface area (Å²) in [5.41, 5.74) is -6.46. The summed E-state index contributed by atoms with van der Waals surface area (Å²) in [4.78, 5) is 37.5. The molecule has 11 nitrogen and oxygen atoms in total. The first kappa shape index (κ1) is 26.7. The van der Waals surface area contributed by atoms with Gasteiger partial charge >= 0.3 is 19.3 Å². The zero-order chi connectivity index (χ0) is 30.0. The molecule has 1 fully saturated rings. The number of nitrogens with zero attached hydrogens (tertiary/aromatic N) is 1. The molecule has 15 heteroatoms. The first-order chi connectivity index (χ1) is 18.5. The molecule has 38 heavy (non-hydrogen) atoms. The second-order valence-electron chi connectivity index (χ2n) is 8.85. The van der Waals surface area contributed by atoms with Crippen LogP contribution < -0.4 is 15.8 Å². The van der Waals surface area contributed by atoms with E-state index in [0.717, 1.165) is 0 Å². The molecule has 0 radical (unpaired) electrons. The van der Waals surface area contributed by atoms with Gasteiger partial charge in [0.05, 0.1) is 33.7 Å². The van der Waals surface area contributed by atoms with Gasteiger partial charge in [-0.15, -0.1) is 0 Å². The van der Waals surface area contributed by atoms with E-state index < -0.39 is 86.2 Å². The molecule has 2 heterocycles. The van der Waals surface area contributed by atoms with E-state index in [1.165, 1.54) is 36.2 Å². The van der Waals surface area contributed by atoms with Gasteiger partial charge in [0.2, 0.25) is 11.5 Å². The molecule has 1 aliphatic heterocycles. The average Bonchev–Trinajstić information content (AvgIpc) is 3.12. The smallest absolute Gasteiger partial charge is 0.380 e. The van der Waals surface area contributed by atoms with E-state index in [4.69, 9.17) is 21.3 Å². The number of esters is 1. The van der Waals surface area contributed by atoms with Crippen LogP contribution in [0.4, 0.5) is 13.2 Å². The van der Waals surface area contributed by atoms with E-state index in [1.807, 2.05) is 0 Å². The number of aromatic nitrogens is 2. The van der Waals surface area contributed by atoms with Crippen LogP contribution in [0.25, 0.3) is 0 Å². The summed E-state index contributed by atoms with van der Waals surface area (Å²) in [6, 6.07) is 7.31. The molecule has 1 aliphatic rings. The number of nitrogens with one attached hydrogen (secondary N) is 1. The molecule has 2 unspecified atom stereocenters. The van der Waals surface area contributed by atoms with Crippen LogP contribution in [0.5, 0.6) is 5.75 Å². The van der Waals surface area contributed by atoms with Gasteiger partial charge in [-0.3, -0.25) is 23.7 Å². The maximum absolute atomic E-state index is 15.7. The summed E-state index contributed by atoms with van der Waals surface area (Å²) < 4.78 is 95.0. The third kappa shape index (κ3) is 6.55. The van der Waals surface area contributed by atoms with Crippen molar-refractivity contribution in [3.63, 3.8) is 0 Å². The number of hydrogen-bond donors (Lipinski definition) is 2. The number of ether oxygens (including phenoxy) is 2. The van der Waals surface area contributed by atoms with Crippen molar-refractivity contribution < 1.29 is 48.9 Å². The fourth-order valence-electron chi connectivity index (χ4n) is 3.52. The van der Waals surface area contributed by atoms with Crippen molar-refractivity contribution in [2.45, 2.75) is 51.0 Å². The van der Waals surface area contributed by atoms with E-state index in [1.54, 1.807) is 19.9 Å². The third-order valence-electron chi connectivity index (χ3n) is 5.39. The van der Waals surface area contributed by atoms with Crippen molar-refractivity contribution in [1.29, 1.82) is 0 Å². The number of hydrogen-bond acceptors (Lipinski definition) is 9. The Morgan fingerprint density at radius 1 is 1.32 bits per heavy atom. The van der Waals surface area contributed by atoms with Crippen molar-refractivity contribution in [2.75, 3.05) is 19.4 Å². The molecule has 1 aromatic carbocycles. The standard InChI is InChI=1S/C23H28F3N2O9P/c1-13(2)35-20(31)14(3)11-38(33,37-15-7-5-4-6-8-15)34-10-17-18(29)23(26,12-24)21(36-17)28-9-16(25)19(30)27-22(28)32/h4-9,13-14,17-18,21,29H,10-12H2,1-3H3,(H,27,30,32)/t14-,17-,18+,21-,23?,38?/m1/s1/i10D2. The number of carbonyl (C=O) groups excluding carboxylic acids is 1. The summed E-state index contributed by atoms with van der Waals surface area (Å²) in [7, 11) is -4.72. The number of aliphatic hydroxyl groups is 1. The first-order valence-electron chi connectivity index (χ1n) is 12.4. The number of carbonyl (C=O) groups is 1. The molecular formula is C23H28F3N2O9P. The van der Waals surface area contributed by atoms with Gasteiger partial charge in [-0.2, -0.15) is 4.39 Å². The van der Waals surface area contributed by atoms with Crippen molar-refractivity contribution in [3.8, 4) is 5.75 Å².